The van der Waals surface area contributed by atoms with Crippen molar-refractivity contribution in [1.82, 2.24) is 15.0 Å². The van der Waals surface area contributed by atoms with Crippen LogP contribution in [-0.4, -0.2) is 15.0 Å². The fourth-order valence-electron chi connectivity index (χ4n) is 1.58. The van der Waals surface area contributed by atoms with Gasteiger partial charge in [-0.2, -0.15) is 9.97 Å². The highest BCUT2D eigenvalue weighted by Crippen LogP contribution is 2.14. The van der Waals surface area contributed by atoms with E-state index in [0.29, 0.717) is 12.2 Å². The standard InChI is InChI=1S/C13H15ClN4/c1-8(2)12-16-11(17-13(15)18-12)7-9-3-5-10(14)6-4-9/h3-6,8H,7H2,1-2H3,(H2,15,16,17,18). The van der Waals surface area contributed by atoms with E-state index >= 15 is 0 Å². The van der Waals surface area contributed by atoms with E-state index in [-0.39, 0.29) is 11.9 Å². The third-order valence-electron chi connectivity index (χ3n) is 2.51. The Bertz CT molecular complexity index is 537. The first-order valence-electron chi connectivity index (χ1n) is 5.79. The zero-order valence-corrected chi connectivity index (χ0v) is 11.1. The van der Waals surface area contributed by atoms with Crippen LogP contribution in [0.2, 0.25) is 5.02 Å². The van der Waals surface area contributed by atoms with E-state index in [4.69, 9.17) is 17.3 Å². The first kappa shape index (κ1) is 12.8. The zero-order chi connectivity index (χ0) is 13.1. The van der Waals surface area contributed by atoms with E-state index in [9.17, 15) is 0 Å². The van der Waals surface area contributed by atoms with Crippen LogP contribution in [0.15, 0.2) is 24.3 Å². The summed E-state index contributed by atoms with van der Waals surface area (Å²) >= 11 is 5.85. The first-order valence-corrected chi connectivity index (χ1v) is 6.17. The summed E-state index contributed by atoms with van der Waals surface area (Å²) in [5, 5.41) is 0.719. The molecular formula is C13H15ClN4. The van der Waals surface area contributed by atoms with Crippen LogP contribution in [0.3, 0.4) is 0 Å². The number of benzene rings is 1. The maximum Gasteiger partial charge on any atom is 0.223 e. The lowest BCUT2D eigenvalue weighted by molar-refractivity contribution is 0.743. The second-order valence-corrected chi connectivity index (χ2v) is 4.86. The Kier molecular flexibility index (Phi) is 3.77. The molecule has 18 heavy (non-hydrogen) atoms. The van der Waals surface area contributed by atoms with Gasteiger partial charge in [0, 0.05) is 17.4 Å². The minimum Gasteiger partial charge on any atom is -0.368 e. The summed E-state index contributed by atoms with van der Waals surface area (Å²) in [6.07, 6.45) is 0.629. The lowest BCUT2D eigenvalue weighted by Crippen LogP contribution is -2.08. The maximum atomic E-state index is 5.85. The molecule has 0 aliphatic rings. The number of aromatic nitrogens is 3. The van der Waals surface area contributed by atoms with E-state index in [1.165, 1.54) is 0 Å². The lowest BCUT2D eigenvalue weighted by Gasteiger charge is -2.07. The van der Waals surface area contributed by atoms with Crippen molar-refractivity contribution in [2.45, 2.75) is 26.2 Å². The molecule has 1 aromatic carbocycles. The monoisotopic (exact) mass is 262 g/mol. The summed E-state index contributed by atoms with van der Waals surface area (Å²) in [5.41, 5.74) is 6.79. The average molecular weight is 263 g/mol. The van der Waals surface area contributed by atoms with Crippen LogP contribution < -0.4 is 5.73 Å². The van der Waals surface area contributed by atoms with Crippen molar-refractivity contribution in [2.75, 3.05) is 5.73 Å². The van der Waals surface area contributed by atoms with Gasteiger partial charge in [0.1, 0.15) is 11.6 Å². The highest BCUT2D eigenvalue weighted by atomic mass is 35.5. The SMILES string of the molecule is CC(C)c1nc(N)nc(Cc2ccc(Cl)cc2)n1. The number of rotatable bonds is 3. The molecule has 94 valence electrons. The van der Waals surface area contributed by atoms with Gasteiger partial charge in [0.05, 0.1) is 0 Å². The number of hydrogen-bond donors (Lipinski definition) is 1. The molecule has 0 saturated carbocycles. The molecule has 4 nitrogen and oxygen atoms in total. The summed E-state index contributed by atoms with van der Waals surface area (Å²) in [5.74, 6) is 1.93. The number of nitrogen functional groups attached to an aromatic ring is 1. The van der Waals surface area contributed by atoms with Crippen LogP contribution in [0.1, 0.15) is 37.0 Å². The van der Waals surface area contributed by atoms with Crippen LogP contribution >= 0.6 is 11.6 Å². The summed E-state index contributed by atoms with van der Waals surface area (Å²) in [6, 6.07) is 7.62. The molecular weight excluding hydrogens is 248 g/mol. The summed E-state index contributed by atoms with van der Waals surface area (Å²) < 4.78 is 0. The molecule has 0 atom stereocenters. The summed E-state index contributed by atoms with van der Waals surface area (Å²) in [7, 11) is 0. The number of hydrogen-bond acceptors (Lipinski definition) is 4. The topological polar surface area (TPSA) is 64.7 Å². The van der Waals surface area contributed by atoms with Crippen molar-refractivity contribution >= 4 is 17.5 Å². The quantitative estimate of drug-likeness (QED) is 0.924. The fraction of sp³-hybridized carbons (Fsp3) is 0.308. The van der Waals surface area contributed by atoms with Crippen molar-refractivity contribution in [2.24, 2.45) is 0 Å². The lowest BCUT2D eigenvalue weighted by atomic mass is 10.1. The van der Waals surface area contributed by atoms with Gasteiger partial charge in [0.25, 0.3) is 0 Å². The molecule has 1 aromatic heterocycles. The molecule has 5 heteroatoms. The summed E-state index contributed by atoms with van der Waals surface area (Å²) in [6.45, 7) is 4.06. The minimum atomic E-state index is 0.235. The molecule has 2 aromatic rings. The number of halogens is 1. The molecule has 0 bridgehead atoms. The van der Waals surface area contributed by atoms with Crippen LogP contribution in [0.5, 0.6) is 0 Å². The van der Waals surface area contributed by atoms with Gasteiger partial charge >= 0.3 is 0 Å². The van der Waals surface area contributed by atoms with Gasteiger partial charge in [-0.25, -0.2) is 4.98 Å². The first-order chi connectivity index (χ1) is 8.54. The molecule has 0 unspecified atom stereocenters. The van der Waals surface area contributed by atoms with E-state index in [0.717, 1.165) is 16.4 Å². The molecule has 0 spiro atoms. The highest BCUT2D eigenvalue weighted by Gasteiger charge is 2.08. The van der Waals surface area contributed by atoms with Gasteiger partial charge in [-0.05, 0) is 17.7 Å². The Balaban J connectivity index is 2.26. The van der Waals surface area contributed by atoms with Crippen LogP contribution in [0, 0.1) is 0 Å². The Morgan fingerprint density at radius 3 is 2.39 bits per heavy atom. The normalized spacial score (nSPS) is 10.9. The molecule has 2 N–H and O–H groups in total. The molecule has 0 saturated heterocycles. The van der Waals surface area contributed by atoms with Gasteiger partial charge in [-0.3, -0.25) is 0 Å². The number of anilines is 1. The Labute approximate surface area is 111 Å². The number of nitrogens with zero attached hydrogens (tertiary/aromatic N) is 3. The molecule has 0 aliphatic carbocycles. The third-order valence-corrected chi connectivity index (χ3v) is 2.76. The van der Waals surface area contributed by atoms with E-state index in [2.05, 4.69) is 15.0 Å². The summed E-state index contributed by atoms with van der Waals surface area (Å²) in [4.78, 5) is 12.7. The van der Waals surface area contributed by atoms with E-state index in [1.807, 2.05) is 38.1 Å². The predicted molar refractivity (Wildman–Crippen MR) is 72.6 cm³/mol. The Morgan fingerprint density at radius 1 is 1.11 bits per heavy atom. The van der Waals surface area contributed by atoms with Crippen molar-refractivity contribution < 1.29 is 0 Å². The van der Waals surface area contributed by atoms with Crippen molar-refractivity contribution in [1.29, 1.82) is 0 Å². The molecule has 0 amide bonds. The van der Waals surface area contributed by atoms with Crippen molar-refractivity contribution in [3.05, 3.63) is 46.5 Å². The highest BCUT2D eigenvalue weighted by molar-refractivity contribution is 6.30. The van der Waals surface area contributed by atoms with Gasteiger partial charge in [0.2, 0.25) is 5.95 Å². The van der Waals surface area contributed by atoms with Crippen molar-refractivity contribution in [3.63, 3.8) is 0 Å². The van der Waals surface area contributed by atoms with Crippen LogP contribution in [0.4, 0.5) is 5.95 Å². The average Bonchev–Trinajstić information content (AvgIpc) is 2.31. The van der Waals surface area contributed by atoms with Gasteiger partial charge in [-0.15, -0.1) is 0 Å². The molecule has 2 rings (SSSR count). The van der Waals surface area contributed by atoms with Gasteiger partial charge in [0.15, 0.2) is 0 Å². The smallest absolute Gasteiger partial charge is 0.223 e. The molecule has 0 fully saturated rings. The minimum absolute atomic E-state index is 0.235. The van der Waals surface area contributed by atoms with Gasteiger partial charge < -0.3 is 5.73 Å². The molecule has 0 radical (unpaired) electrons. The van der Waals surface area contributed by atoms with Crippen molar-refractivity contribution in [3.8, 4) is 0 Å². The second kappa shape index (κ2) is 5.31. The second-order valence-electron chi connectivity index (χ2n) is 4.43. The molecule has 0 aliphatic heterocycles. The van der Waals surface area contributed by atoms with E-state index in [1.54, 1.807) is 0 Å². The fourth-order valence-corrected chi connectivity index (χ4v) is 1.70. The molecule has 1 heterocycles. The zero-order valence-electron chi connectivity index (χ0n) is 10.4. The maximum absolute atomic E-state index is 5.85. The Morgan fingerprint density at radius 2 is 1.78 bits per heavy atom. The van der Waals surface area contributed by atoms with E-state index < -0.39 is 0 Å². The number of nitrogens with two attached hydrogens (primary N) is 1. The van der Waals surface area contributed by atoms with Gasteiger partial charge in [-0.1, -0.05) is 37.6 Å². The van der Waals surface area contributed by atoms with Crippen LogP contribution in [-0.2, 0) is 6.42 Å². The Hall–Kier alpha value is -1.68. The van der Waals surface area contributed by atoms with Crippen LogP contribution in [0.25, 0.3) is 0 Å². The predicted octanol–water partition coefficient (Wildman–Crippen LogP) is 2.82. The third kappa shape index (κ3) is 3.17. The largest absolute Gasteiger partial charge is 0.368 e.